The van der Waals surface area contributed by atoms with Crippen molar-refractivity contribution in [3.8, 4) is 10.6 Å². The van der Waals surface area contributed by atoms with Crippen molar-refractivity contribution in [1.29, 1.82) is 0 Å². The molecule has 22 heavy (non-hydrogen) atoms. The third-order valence-electron chi connectivity index (χ3n) is 3.26. The molecule has 1 atom stereocenters. The normalized spacial score (nSPS) is 18.1. The van der Waals surface area contributed by atoms with Gasteiger partial charge in [-0.15, -0.1) is 11.3 Å². The molecule has 0 bridgehead atoms. The fourth-order valence-corrected chi connectivity index (χ4v) is 3.23. The molecule has 116 valence electrons. The Balaban J connectivity index is 1.63. The molecule has 0 aliphatic carbocycles. The predicted octanol–water partition coefficient (Wildman–Crippen LogP) is 3.65. The minimum Gasteiger partial charge on any atom is -0.350 e. The number of rotatable bonds is 4. The second-order valence-corrected chi connectivity index (χ2v) is 6.13. The molecule has 1 aliphatic rings. The van der Waals surface area contributed by atoms with E-state index in [1.807, 2.05) is 18.2 Å². The van der Waals surface area contributed by atoms with Gasteiger partial charge in [-0.2, -0.15) is 0 Å². The van der Waals surface area contributed by atoms with Crippen LogP contribution in [0.5, 0.6) is 0 Å². The number of ether oxygens (including phenoxy) is 1. The number of carbonyl (C=O) groups is 1. The van der Waals surface area contributed by atoms with Crippen LogP contribution < -0.4 is 5.48 Å². The summed E-state index contributed by atoms with van der Waals surface area (Å²) in [6, 6.07) is 7.40. The molecule has 1 fully saturated rings. The highest BCUT2D eigenvalue weighted by Crippen LogP contribution is 2.30. The summed E-state index contributed by atoms with van der Waals surface area (Å²) in [5.41, 5.74) is 3.51. The van der Waals surface area contributed by atoms with Crippen LogP contribution in [0.3, 0.4) is 0 Å². The molecule has 1 aromatic carbocycles. The first-order valence-corrected chi connectivity index (χ1v) is 8.28. The Hall–Kier alpha value is -1.47. The molecule has 0 radical (unpaired) electrons. The zero-order valence-electron chi connectivity index (χ0n) is 11.8. The lowest BCUT2D eigenvalue weighted by Gasteiger charge is -2.21. The zero-order valence-corrected chi connectivity index (χ0v) is 13.3. The Bertz CT molecular complexity index is 656. The molecule has 5 nitrogen and oxygen atoms in total. The molecular weight excluding hydrogens is 324 g/mol. The summed E-state index contributed by atoms with van der Waals surface area (Å²) in [5, 5.41) is 2.99. The molecule has 1 aromatic heterocycles. The first-order chi connectivity index (χ1) is 10.7. The molecule has 0 saturated carbocycles. The molecule has 3 rings (SSSR count). The highest BCUT2D eigenvalue weighted by atomic mass is 35.5. The highest BCUT2D eigenvalue weighted by molar-refractivity contribution is 7.13. The Labute approximate surface area is 137 Å². The summed E-state index contributed by atoms with van der Waals surface area (Å²) >= 11 is 7.50. The molecule has 2 aromatic rings. The van der Waals surface area contributed by atoms with E-state index in [4.69, 9.17) is 21.2 Å². The lowest BCUT2D eigenvalue weighted by Crippen LogP contribution is -2.33. The van der Waals surface area contributed by atoms with Crippen LogP contribution in [0.4, 0.5) is 0 Å². The standard InChI is InChI=1S/C15H15ClN2O3S/c16-11-6-2-1-5-10(11)15-17-12(9-22-15)14(19)18-21-13-7-3-4-8-20-13/h1-2,5-6,9,13H,3-4,7-8H2,(H,18,19). The summed E-state index contributed by atoms with van der Waals surface area (Å²) in [6.45, 7) is 0.661. The molecule has 1 unspecified atom stereocenters. The van der Waals surface area contributed by atoms with E-state index >= 15 is 0 Å². The molecule has 1 saturated heterocycles. The van der Waals surface area contributed by atoms with E-state index in [1.165, 1.54) is 11.3 Å². The molecule has 2 heterocycles. The summed E-state index contributed by atoms with van der Waals surface area (Å²) < 4.78 is 5.38. The van der Waals surface area contributed by atoms with Crippen molar-refractivity contribution < 1.29 is 14.4 Å². The topological polar surface area (TPSA) is 60.5 Å². The van der Waals surface area contributed by atoms with Crippen LogP contribution in [0.25, 0.3) is 10.6 Å². The van der Waals surface area contributed by atoms with Gasteiger partial charge in [-0.25, -0.2) is 15.3 Å². The van der Waals surface area contributed by atoms with Crippen LogP contribution in [-0.2, 0) is 9.57 Å². The van der Waals surface area contributed by atoms with E-state index in [-0.39, 0.29) is 12.2 Å². The van der Waals surface area contributed by atoms with Crippen molar-refractivity contribution in [1.82, 2.24) is 10.5 Å². The van der Waals surface area contributed by atoms with Crippen LogP contribution in [0.15, 0.2) is 29.6 Å². The number of hydroxylamine groups is 1. The Morgan fingerprint density at radius 2 is 2.27 bits per heavy atom. The van der Waals surface area contributed by atoms with E-state index in [1.54, 1.807) is 11.4 Å². The van der Waals surface area contributed by atoms with Gasteiger partial charge in [-0.3, -0.25) is 4.79 Å². The van der Waals surface area contributed by atoms with Crippen molar-refractivity contribution >= 4 is 28.8 Å². The van der Waals surface area contributed by atoms with Crippen LogP contribution in [0.2, 0.25) is 5.02 Å². The number of aromatic nitrogens is 1. The second-order valence-electron chi connectivity index (χ2n) is 4.86. The quantitative estimate of drug-likeness (QED) is 0.864. The van der Waals surface area contributed by atoms with Gasteiger partial charge in [0.1, 0.15) is 10.7 Å². The van der Waals surface area contributed by atoms with Crippen LogP contribution in [-0.4, -0.2) is 23.8 Å². The minimum absolute atomic E-state index is 0.302. The second kappa shape index (κ2) is 7.19. The van der Waals surface area contributed by atoms with Gasteiger partial charge < -0.3 is 4.74 Å². The number of halogens is 1. The van der Waals surface area contributed by atoms with Crippen LogP contribution >= 0.6 is 22.9 Å². The Morgan fingerprint density at radius 1 is 1.41 bits per heavy atom. The Kier molecular flexibility index (Phi) is 5.04. The van der Waals surface area contributed by atoms with Crippen molar-refractivity contribution in [3.05, 3.63) is 40.4 Å². The number of nitrogens with zero attached hydrogens (tertiary/aromatic N) is 1. The zero-order chi connectivity index (χ0) is 15.4. The predicted molar refractivity (Wildman–Crippen MR) is 84.7 cm³/mol. The fourth-order valence-electron chi connectivity index (χ4n) is 2.11. The van der Waals surface area contributed by atoms with Crippen molar-refractivity contribution in [3.63, 3.8) is 0 Å². The number of amides is 1. The van der Waals surface area contributed by atoms with Crippen molar-refractivity contribution in [2.24, 2.45) is 0 Å². The number of nitrogens with one attached hydrogen (secondary N) is 1. The maximum absolute atomic E-state index is 12.0. The molecule has 1 amide bonds. The van der Waals surface area contributed by atoms with Crippen molar-refractivity contribution in [2.45, 2.75) is 25.6 Å². The number of carbonyl (C=O) groups excluding carboxylic acids is 1. The highest BCUT2D eigenvalue weighted by Gasteiger charge is 2.18. The van der Waals surface area contributed by atoms with Crippen molar-refractivity contribution in [2.75, 3.05) is 6.61 Å². The lowest BCUT2D eigenvalue weighted by molar-refractivity contribution is -0.186. The third kappa shape index (κ3) is 3.64. The minimum atomic E-state index is -0.385. The first-order valence-electron chi connectivity index (χ1n) is 7.02. The number of hydrogen-bond acceptors (Lipinski definition) is 5. The van der Waals surface area contributed by atoms with Gasteiger partial charge in [-0.1, -0.05) is 29.8 Å². The monoisotopic (exact) mass is 338 g/mol. The fraction of sp³-hybridized carbons (Fsp3) is 0.333. The van der Waals surface area contributed by atoms with Gasteiger partial charge in [-0.05, 0) is 18.9 Å². The smallest absolute Gasteiger partial charge is 0.294 e. The molecular formula is C15H15ClN2O3S. The summed E-state index contributed by atoms with van der Waals surface area (Å²) in [6.07, 6.45) is 2.47. The summed E-state index contributed by atoms with van der Waals surface area (Å²) in [5.74, 6) is -0.385. The van der Waals surface area contributed by atoms with Gasteiger partial charge in [0.25, 0.3) is 5.91 Å². The maximum atomic E-state index is 12.0. The summed E-state index contributed by atoms with van der Waals surface area (Å²) in [7, 11) is 0. The van der Waals surface area contributed by atoms with Gasteiger partial charge in [0.15, 0.2) is 6.29 Å². The summed E-state index contributed by atoms with van der Waals surface area (Å²) in [4.78, 5) is 21.6. The van der Waals surface area contributed by atoms with Gasteiger partial charge in [0.05, 0.1) is 5.02 Å². The molecule has 7 heteroatoms. The van der Waals surface area contributed by atoms with Crippen LogP contribution in [0, 0.1) is 0 Å². The molecule has 1 aliphatic heterocycles. The number of hydrogen-bond donors (Lipinski definition) is 1. The number of thiazole rings is 1. The van der Waals surface area contributed by atoms with Gasteiger partial charge in [0.2, 0.25) is 0 Å². The molecule has 0 spiro atoms. The lowest BCUT2D eigenvalue weighted by atomic mass is 10.2. The van der Waals surface area contributed by atoms with E-state index < -0.39 is 0 Å². The largest absolute Gasteiger partial charge is 0.350 e. The van der Waals surface area contributed by atoms with E-state index in [0.29, 0.717) is 22.3 Å². The van der Waals surface area contributed by atoms with E-state index in [2.05, 4.69) is 10.5 Å². The van der Waals surface area contributed by atoms with E-state index in [9.17, 15) is 4.79 Å². The Morgan fingerprint density at radius 3 is 3.05 bits per heavy atom. The maximum Gasteiger partial charge on any atom is 0.294 e. The average Bonchev–Trinajstić information content (AvgIpc) is 3.04. The third-order valence-corrected chi connectivity index (χ3v) is 4.47. The SMILES string of the molecule is O=C(NOC1CCCCO1)c1csc(-c2ccccc2Cl)n1. The van der Waals surface area contributed by atoms with Crippen LogP contribution in [0.1, 0.15) is 29.8 Å². The average molecular weight is 339 g/mol. The van der Waals surface area contributed by atoms with E-state index in [0.717, 1.165) is 24.8 Å². The molecule has 1 N–H and O–H groups in total. The number of benzene rings is 1. The van der Waals surface area contributed by atoms with Gasteiger partial charge >= 0.3 is 0 Å². The first kappa shape index (κ1) is 15.4. The van der Waals surface area contributed by atoms with Gasteiger partial charge in [0, 0.05) is 24.0 Å².